The van der Waals surface area contributed by atoms with E-state index in [-0.39, 0.29) is 5.92 Å². The summed E-state index contributed by atoms with van der Waals surface area (Å²) in [7, 11) is 0. The van der Waals surface area contributed by atoms with E-state index >= 15 is 0 Å². The van der Waals surface area contributed by atoms with Crippen molar-refractivity contribution in [3.8, 4) is 0 Å². The molecule has 16 heavy (non-hydrogen) atoms. The molecule has 4 nitrogen and oxygen atoms in total. The van der Waals surface area contributed by atoms with E-state index in [1.807, 2.05) is 0 Å². The van der Waals surface area contributed by atoms with Gasteiger partial charge in [0, 0.05) is 18.9 Å². The molecule has 2 heterocycles. The van der Waals surface area contributed by atoms with Gasteiger partial charge in [-0.05, 0) is 32.2 Å². The SMILES string of the molecule is OC(c1nc2c(o1)CCC2)C1CCCNC1. The Morgan fingerprint density at radius 3 is 3.06 bits per heavy atom. The lowest BCUT2D eigenvalue weighted by Crippen LogP contribution is -2.33. The molecule has 2 N–H and O–H groups in total. The average molecular weight is 222 g/mol. The van der Waals surface area contributed by atoms with Gasteiger partial charge in [-0.3, -0.25) is 0 Å². The standard InChI is InChI=1S/C12H18N2O2/c15-11(8-3-2-6-13-7-8)12-14-9-4-1-5-10(9)16-12/h8,11,13,15H,1-7H2. The number of piperidine rings is 1. The Labute approximate surface area is 95.1 Å². The Morgan fingerprint density at radius 2 is 2.31 bits per heavy atom. The Hall–Kier alpha value is -0.870. The lowest BCUT2D eigenvalue weighted by molar-refractivity contribution is 0.0660. The fourth-order valence-corrected chi connectivity index (χ4v) is 2.69. The Morgan fingerprint density at radius 1 is 1.38 bits per heavy atom. The van der Waals surface area contributed by atoms with Gasteiger partial charge in [0.1, 0.15) is 11.9 Å². The van der Waals surface area contributed by atoms with E-state index in [0.29, 0.717) is 5.89 Å². The Balaban J connectivity index is 1.75. The summed E-state index contributed by atoms with van der Waals surface area (Å²) in [5.74, 6) is 1.80. The number of aryl methyl sites for hydroxylation is 2. The highest BCUT2D eigenvalue weighted by Gasteiger charge is 2.29. The molecule has 1 aliphatic heterocycles. The number of oxazole rings is 1. The van der Waals surface area contributed by atoms with E-state index in [0.717, 1.165) is 56.6 Å². The molecule has 0 amide bonds. The fourth-order valence-electron chi connectivity index (χ4n) is 2.69. The van der Waals surface area contributed by atoms with Crippen LogP contribution in [0.15, 0.2) is 4.42 Å². The number of aromatic nitrogens is 1. The van der Waals surface area contributed by atoms with Gasteiger partial charge in [0.15, 0.2) is 0 Å². The summed E-state index contributed by atoms with van der Waals surface area (Å²) in [5, 5.41) is 13.5. The van der Waals surface area contributed by atoms with E-state index < -0.39 is 6.10 Å². The highest BCUT2D eigenvalue weighted by molar-refractivity contribution is 5.16. The van der Waals surface area contributed by atoms with Crippen LogP contribution in [0.5, 0.6) is 0 Å². The Bertz CT molecular complexity index is 348. The topological polar surface area (TPSA) is 58.3 Å². The number of rotatable bonds is 2. The third-order valence-electron chi connectivity index (χ3n) is 3.65. The summed E-state index contributed by atoms with van der Waals surface area (Å²) < 4.78 is 5.65. The monoisotopic (exact) mass is 222 g/mol. The number of nitrogens with zero attached hydrogens (tertiary/aromatic N) is 1. The fraction of sp³-hybridized carbons (Fsp3) is 0.750. The smallest absolute Gasteiger partial charge is 0.223 e. The molecule has 1 fully saturated rings. The zero-order chi connectivity index (χ0) is 11.0. The second-order valence-electron chi connectivity index (χ2n) is 4.83. The predicted octanol–water partition coefficient (Wildman–Crippen LogP) is 1.20. The summed E-state index contributed by atoms with van der Waals surface area (Å²) >= 11 is 0. The molecular formula is C12H18N2O2. The van der Waals surface area contributed by atoms with Crippen molar-refractivity contribution in [2.45, 2.75) is 38.2 Å². The zero-order valence-electron chi connectivity index (χ0n) is 9.41. The molecule has 0 spiro atoms. The third-order valence-corrected chi connectivity index (χ3v) is 3.65. The lowest BCUT2D eigenvalue weighted by atomic mass is 9.94. The number of aliphatic hydroxyl groups excluding tert-OH is 1. The normalized spacial score (nSPS) is 26.7. The minimum Gasteiger partial charge on any atom is -0.443 e. The quantitative estimate of drug-likeness (QED) is 0.789. The van der Waals surface area contributed by atoms with Crippen molar-refractivity contribution < 1.29 is 9.52 Å². The van der Waals surface area contributed by atoms with Gasteiger partial charge in [0.2, 0.25) is 5.89 Å². The molecule has 88 valence electrons. The molecule has 1 aromatic rings. The van der Waals surface area contributed by atoms with Crippen molar-refractivity contribution in [3.05, 3.63) is 17.3 Å². The van der Waals surface area contributed by atoms with Crippen LogP contribution in [0.3, 0.4) is 0 Å². The van der Waals surface area contributed by atoms with Gasteiger partial charge in [0.25, 0.3) is 0 Å². The third kappa shape index (κ3) is 1.76. The van der Waals surface area contributed by atoms with Crippen LogP contribution in [0.25, 0.3) is 0 Å². The predicted molar refractivity (Wildman–Crippen MR) is 59.1 cm³/mol. The van der Waals surface area contributed by atoms with Gasteiger partial charge in [-0.2, -0.15) is 0 Å². The molecule has 0 aromatic carbocycles. The molecule has 2 unspecified atom stereocenters. The number of hydrogen-bond acceptors (Lipinski definition) is 4. The molecule has 4 heteroatoms. The van der Waals surface area contributed by atoms with Crippen molar-refractivity contribution in [1.29, 1.82) is 0 Å². The van der Waals surface area contributed by atoms with Gasteiger partial charge in [-0.1, -0.05) is 0 Å². The van der Waals surface area contributed by atoms with Gasteiger partial charge in [-0.25, -0.2) is 4.98 Å². The first kappa shape index (κ1) is 10.3. The Kier molecular flexibility index (Phi) is 2.69. The second kappa shape index (κ2) is 4.18. The first-order valence-corrected chi connectivity index (χ1v) is 6.22. The van der Waals surface area contributed by atoms with Crippen molar-refractivity contribution in [2.75, 3.05) is 13.1 Å². The molecule has 3 rings (SSSR count). The van der Waals surface area contributed by atoms with Crippen LogP contribution in [0, 0.1) is 5.92 Å². The first-order chi connectivity index (χ1) is 7.84. The largest absolute Gasteiger partial charge is 0.443 e. The molecule has 1 saturated heterocycles. The van der Waals surface area contributed by atoms with E-state index in [9.17, 15) is 5.11 Å². The molecule has 0 radical (unpaired) electrons. The van der Waals surface area contributed by atoms with Gasteiger partial charge < -0.3 is 14.8 Å². The molecule has 0 bridgehead atoms. The van der Waals surface area contributed by atoms with E-state index in [4.69, 9.17) is 4.42 Å². The zero-order valence-corrected chi connectivity index (χ0v) is 9.41. The van der Waals surface area contributed by atoms with Crippen LogP contribution < -0.4 is 5.32 Å². The van der Waals surface area contributed by atoms with Crippen LogP contribution in [0.1, 0.15) is 42.7 Å². The summed E-state index contributed by atoms with van der Waals surface area (Å²) in [6, 6.07) is 0. The molecule has 2 aliphatic rings. The number of fused-ring (bicyclic) bond motifs is 1. The summed E-state index contributed by atoms with van der Waals surface area (Å²) in [6.07, 6.45) is 4.79. The molecule has 2 atom stereocenters. The highest BCUT2D eigenvalue weighted by atomic mass is 16.4. The average Bonchev–Trinajstić information content (AvgIpc) is 2.89. The van der Waals surface area contributed by atoms with Crippen LogP contribution in [-0.2, 0) is 12.8 Å². The summed E-state index contributed by atoms with van der Waals surface area (Å²) in [6.45, 7) is 1.93. The van der Waals surface area contributed by atoms with E-state index in [1.165, 1.54) is 0 Å². The minimum absolute atomic E-state index is 0.257. The first-order valence-electron chi connectivity index (χ1n) is 6.22. The maximum atomic E-state index is 10.2. The minimum atomic E-state index is -0.529. The van der Waals surface area contributed by atoms with Gasteiger partial charge in [0.05, 0.1) is 5.69 Å². The lowest BCUT2D eigenvalue weighted by Gasteiger charge is -2.25. The second-order valence-corrected chi connectivity index (χ2v) is 4.83. The van der Waals surface area contributed by atoms with Crippen LogP contribution in [0.2, 0.25) is 0 Å². The number of hydrogen-bond donors (Lipinski definition) is 2. The van der Waals surface area contributed by atoms with Crippen molar-refractivity contribution in [3.63, 3.8) is 0 Å². The van der Waals surface area contributed by atoms with Crippen molar-refractivity contribution >= 4 is 0 Å². The molecule has 1 aromatic heterocycles. The van der Waals surface area contributed by atoms with Crippen LogP contribution in [-0.4, -0.2) is 23.2 Å². The van der Waals surface area contributed by atoms with Crippen LogP contribution >= 0.6 is 0 Å². The maximum Gasteiger partial charge on any atom is 0.223 e. The van der Waals surface area contributed by atoms with E-state index in [2.05, 4.69) is 10.3 Å². The van der Waals surface area contributed by atoms with Crippen molar-refractivity contribution in [2.24, 2.45) is 5.92 Å². The van der Waals surface area contributed by atoms with Gasteiger partial charge in [-0.15, -0.1) is 0 Å². The number of aliphatic hydroxyl groups is 1. The van der Waals surface area contributed by atoms with Gasteiger partial charge >= 0.3 is 0 Å². The van der Waals surface area contributed by atoms with E-state index in [1.54, 1.807) is 0 Å². The van der Waals surface area contributed by atoms with Crippen LogP contribution in [0.4, 0.5) is 0 Å². The maximum absolute atomic E-state index is 10.2. The van der Waals surface area contributed by atoms with Crippen molar-refractivity contribution in [1.82, 2.24) is 10.3 Å². The molecule has 1 aliphatic carbocycles. The molecule has 0 saturated carbocycles. The molecular weight excluding hydrogens is 204 g/mol. The summed E-state index contributed by atoms with van der Waals surface area (Å²) in [5.41, 5.74) is 1.07. The summed E-state index contributed by atoms with van der Waals surface area (Å²) in [4.78, 5) is 4.42. The number of nitrogens with one attached hydrogen (secondary N) is 1. The highest BCUT2D eigenvalue weighted by Crippen LogP contribution is 2.30.